The average molecular weight is 1630 g/mol. The highest BCUT2D eigenvalue weighted by molar-refractivity contribution is 7.85. The fourth-order valence-electron chi connectivity index (χ4n) is 17.6. The van der Waals surface area contributed by atoms with Crippen LogP contribution in [-0.4, -0.2) is 47.4 Å². The standard InChI is InChI=1S/C56H37N5S.C53H34N5OPS/c1-56(2)46-17-8-6-15-42(46)43-28-27-40(32-47(43)56)35-19-23-36(24-20-35)50-33-51(59-55(58-50)38-11-4-3-5-12-38)41-14-10-13-39(31-41)34-21-25-37(26-22-34)53-45-29-30-49-54(61-62-60-49)52(45)44-16-7-9-18-48(44)57-53;59-60(41-17-6-2-7-18-41,42-19-8-3-9-20-42)43-29-27-36(28-30-43)48-34-49(56-53(55-48)38-13-4-1-5-14-38)40-16-12-15-39(33-40)35-23-25-37(26-24-35)51-45-31-32-47-52(58-61-57-47)50(45)44-21-10-11-22-46(44)54-51/h3-33H,1-2H3;1-34H. The Morgan fingerprint density at radius 1 is 0.236 bits per heavy atom. The molecule has 11 nitrogen and oxygen atoms in total. The second kappa shape index (κ2) is 30.9. The van der Waals surface area contributed by atoms with Crippen LogP contribution in [0.25, 0.3) is 200 Å². The molecule has 0 amide bonds. The highest BCUT2D eigenvalue weighted by atomic mass is 32.1. The van der Waals surface area contributed by atoms with Gasteiger partial charge in [0.1, 0.15) is 22.1 Å². The molecule has 6 aromatic heterocycles. The van der Waals surface area contributed by atoms with Crippen molar-refractivity contribution in [2.24, 2.45) is 0 Å². The van der Waals surface area contributed by atoms with Crippen molar-refractivity contribution < 1.29 is 4.57 Å². The summed E-state index contributed by atoms with van der Waals surface area (Å²) in [6, 6.07) is 136. The van der Waals surface area contributed by atoms with Crippen molar-refractivity contribution in [3.05, 3.63) is 405 Å². The summed E-state index contributed by atoms with van der Waals surface area (Å²) in [5, 5.41) is 8.83. The molecule has 580 valence electrons. The topological polar surface area (TPSA) is 146 Å². The summed E-state index contributed by atoms with van der Waals surface area (Å²) < 4.78 is 33.5. The van der Waals surface area contributed by atoms with Crippen molar-refractivity contribution in [2.45, 2.75) is 19.3 Å². The Hall–Kier alpha value is -15.1. The normalized spacial score (nSPS) is 12.2. The summed E-state index contributed by atoms with van der Waals surface area (Å²) in [4.78, 5) is 30.8. The van der Waals surface area contributed by atoms with Crippen molar-refractivity contribution >= 4 is 112 Å². The molecule has 0 N–H and O–H groups in total. The van der Waals surface area contributed by atoms with E-state index in [4.69, 9.17) is 34.3 Å². The number of rotatable bonds is 14. The van der Waals surface area contributed by atoms with Gasteiger partial charge in [-0.3, -0.25) is 0 Å². The number of pyridine rings is 2. The van der Waals surface area contributed by atoms with Gasteiger partial charge in [0.15, 0.2) is 18.8 Å². The fraction of sp³-hybridized carbons (Fsp3) is 0.0275. The number of hydrogen-bond acceptors (Lipinski definition) is 13. The molecule has 1 aliphatic carbocycles. The Balaban J connectivity index is 0.000000147. The maximum absolute atomic E-state index is 15.1. The van der Waals surface area contributed by atoms with Crippen LogP contribution in [0.1, 0.15) is 25.0 Å². The van der Waals surface area contributed by atoms with E-state index in [0.717, 1.165) is 182 Å². The third kappa shape index (κ3) is 13.5. The largest absolute Gasteiger partial charge is 0.309 e. The first kappa shape index (κ1) is 74.2. The molecule has 6 heterocycles. The van der Waals surface area contributed by atoms with E-state index < -0.39 is 7.14 Å². The van der Waals surface area contributed by atoms with Crippen molar-refractivity contribution in [3.8, 4) is 135 Å². The van der Waals surface area contributed by atoms with Gasteiger partial charge in [-0.15, -0.1) is 0 Å². The summed E-state index contributed by atoms with van der Waals surface area (Å²) in [5.41, 5.74) is 30.7. The molecule has 0 radical (unpaired) electrons. The van der Waals surface area contributed by atoms with E-state index in [1.54, 1.807) is 0 Å². The maximum atomic E-state index is 15.1. The lowest BCUT2D eigenvalue weighted by molar-refractivity contribution is 0.592. The van der Waals surface area contributed by atoms with E-state index in [1.165, 1.54) is 56.8 Å². The zero-order valence-electron chi connectivity index (χ0n) is 66.7. The molecule has 0 spiro atoms. The molecular formula is C109H71N10OPS2. The highest BCUT2D eigenvalue weighted by Crippen LogP contribution is 2.51. The van der Waals surface area contributed by atoms with Gasteiger partial charge in [-0.1, -0.05) is 341 Å². The predicted molar refractivity (Wildman–Crippen MR) is 508 cm³/mol. The minimum absolute atomic E-state index is 0.0492. The molecular weight excluding hydrogens is 1560 g/mol. The molecule has 0 fully saturated rings. The second-order valence-corrected chi connectivity index (χ2v) is 35.3. The van der Waals surface area contributed by atoms with Crippen molar-refractivity contribution in [2.75, 3.05) is 0 Å². The van der Waals surface area contributed by atoms with Gasteiger partial charge in [0, 0.05) is 98.2 Å². The van der Waals surface area contributed by atoms with Crippen molar-refractivity contribution in [1.82, 2.24) is 47.4 Å². The smallest absolute Gasteiger partial charge is 0.171 e. The van der Waals surface area contributed by atoms with E-state index in [1.807, 2.05) is 170 Å². The summed E-state index contributed by atoms with van der Waals surface area (Å²) in [7, 11) is -3.13. The lowest BCUT2D eigenvalue weighted by atomic mass is 9.81. The minimum atomic E-state index is -3.13. The Labute approximate surface area is 718 Å². The van der Waals surface area contributed by atoms with E-state index in [-0.39, 0.29) is 5.41 Å². The Morgan fingerprint density at radius 3 is 1.06 bits per heavy atom. The van der Waals surface area contributed by atoms with Gasteiger partial charge >= 0.3 is 0 Å². The Morgan fingerprint density at radius 2 is 0.585 bits per heavy atom. The van der Waals surface area contributed by atoms with Crippen LogP contribution in [0, 0.1) is 0 Å². The van der Waals surface area contributed by atoms with Gasteiger partial charge in [0.25, 0.3) is 0 Å². The van der Waals surface area contributed by atoms with Gasteiger partial charge < -0.3 is 4.57 Å². The van der Waals surface area contributed by atoms with Gasteiger partial charge in [0.2, 0.25) is 0 Å². The zero-order valence-corrected chi connectivity index (χ0v) is 69.2. The number of fused-ring (bicyclic) bond motifs is 13. The third-order valence-corrected chi connectivity index (χ3v) is 28.0. The predicted octanol–water partition coefficient (Wildman–Crippen LogP) is 26.6. The van der Waals surface area contributed by atoms with Gasteiger partial charge in [-0.05, 0) is 122 Å². The lowest BCUT2D eigenvalue weighted by Crippen LogP contribution is -2.24. The quantitative estimate of drug-likeness (QED) is 0.0757. The molecule has 0 saturated carbocycles. The SMILES string of the molecule is CC1(C)c2ccccc2-c2ccc(-c3ccc(-c4cc(-c5cccc(-c6ccc(-c7nc8ccccc8c8c7ccc7nsnc78)cc6)c5)nc(-c5ccccc5)n4)cc3)cc21.O=P(c1ccccc1)(c1ccccc1)c1ccc(-c2cc(-c3cccc(-c4ccc(-c5nc6ccccc6c6c5ccc5nsnc56)cc4)c3)nc(-c3ccccc3)n2)cc1. The molecule has 123 heavy (non-hydrogen) atoms. The van der Waals surface area contributed by atoms with E-state index in [2.05, 4.69) is 251 Å². The van der Waals surface area contributed by atoms with Gasteiger partial charge in [-0.25, -0.2) is 29.9 Å². The number of benzene rings is 16. The molecule has 14 heteroatoms. The Kier molecular flexibility index (Phi) is 18.7. The summed E-state index contributed by atoms with van der Waals surface area (Å²) >= 11 is 2.49. The van der Waals surface area contributed by atoms with Gasteiger partial charge in [-0.2, -0.15) is 17.5 Å². The molecule has 22 aromatic rings. The molecule has 1 aliphatic rings. The number of nitrogens with zero attached hydrogens (tertiary/aromatic N) is 10. The summed E-state index contributed by atoms with van der Waals surface area (Å²) in [6.07, 6.45) is 0. The number of aromatic nitrogens is 10. The molecule has 0 atom stereocenters. The van der Waals surface area contributed by atoms with Crippen LogP contribution in [0.2, 0.25) is 0 Å². The van der Waals surface area contributed by atoms with E-state index in [9.17, 15) is 0 Å². The van der Waals surface area contributed by atoms with Crippen LogP contribution in [-0.2, 0) is 9.98 Å². The first-order chi connectivity index (χ1) is 60.6. The first-order valence-corrected chi connectivity index (χ1v) is 44.1. The first-order valence-electron chi connectivity index (χ1n) is 40.9. The minimum Gasteiger partial charge on any atom is -0.309 e. The fourth-order valence-corrected chi connectivity index (χ4v) is 21.3. The molecule has 0 unspecified atom stereocenters. The number of para-hydroxylation sites is 2. The highest BCUT2D eigenvalue weighted by Gasteiger charge is 2.36. The lowest BCUT2D eigenvalue weighted by Gasteiger charge is -2.22. The van der Waals surface area contributed by atoms with Crippen LogP contribution in [0.5, 0.6) is 0 Å². The molecule has 0 aliphatic heterocycles. The number of hydrogen-bond donors (Lipinski definition) is 0. The zero-order chi connectivity index (χ0) is 82.1. The van der Waals surface area contributed by atoms with E-state index >= 15 is 4.57 Å². The molecule has 0 saturated heterocycles. The molecule has 23 rings (SSSR count). The van der Waals surface area contributed by atoms with Crippen LogP contribution >= 0.6 is 30.6 Å². The molecule has 0 bridgehead atoms. The average Bonchev–Trinajstić information content (AvgIpc) is 1.73. The summed E-state index contributed by atoms with van der Waals surface area (Å²) in [6.45, 7) is 4.66. The van der Waals surface area contributed by atoms with E-state index in [0.29, 0.717) is 11.6 Å². The van der Waals surface area contributed by atoms with Crippen LogP contribution < -0.4 is 15.9 Å². The van der Waals surface area contributed by atoms with Crippen molar-refractivity contribution in [1.29, 1.82) is 0 Å². The summed E-state index contributed by atoms with van der Waals surface area (Å²) in [5.74, 6) is 1.32. The van der Waals surface area contributed by atoms with Crippen molar-refractivity contribution in [3.63, 3.8) is 0 Å². The van der Waals surface area contributed by atoms with Crippen LogP contribution in [0.3, 0.4) is 0 Å². The maximum Gasteiger partial charge on any atom is 0.171 e. The van der Waals surface area contributed by atoms with Gasteiger partial charge in [0.05, 0.1) is 68.7 Å². The van der Waals surface area contributed by atoms with Crippen LogP contribution in [0.4, 0.5) is 0 Å². The Bertz CT molecular complexity index is 7870. The molecule has 16 aromatic carbocycles. The monoisotopic (exact) mass is 1630 g/mol. The van der Waals surface area contributed by atoms with Crippen LogP contribution in [0.15, 0.2) is 394 Å². The second-order valence-electron chi connectivity index (χ2n) is 31.5. The third-order valence-electron chi connectivity index (χ3n) is 23.9.